The second-order valence-electron chi connectivity index (χ2n) is 9.78. The van der Waals surface area contributed by atoms with Crippen LogP contribution in [0.1, 0.15) is 44.6 Å². The summed E-state index contributed by atoms with van der Waals surface area (Å²) in [4.78, 5) is 0.351. The zero-order valence-electron chi connectivity index (χ0n) is 22.5. The highest BCUT2D eigenvalue weighted by Crippen LogP contribution is 2.54. The van der Waals surface area contributed by atoms with E-state index < -0.39 is 61.9 Å². The third kappa shape index (κ3) is 7.83. The molecule has 3 nitrogen and oxygen atoms in total. The number of ether oxygens (including phenoxy) is 2. The van der Waals surface area contributed by atoms with E-state index in [9.17, 15) is 48.3 Å². The van der Waals surface area contributed by atoms with E-state index in [2.05, 4.69) is 4.74 Å². The van der Waals surface area contributed by atoms with E-state index in [0.29, 0.717) is 26.9 Å². The topological polar surface area (TPSA) is 38.7 Å². The van der Waals surface area contributed by atoms with Crippen LogP contribution in [0.25, 0.3) is 20.5 Å². The van der Waals surface area contributed by atoms with Crippen LogP contribution in [0.2, 0.25) is 0 Å². The van der Waals surface area contributed by atoms with Crippen molar-refractivity contribution >= 4 is 21.4 Å². The quantitative estimate of drug-likeness (QED) is 0.131. The van der Waals surface area contributed by atoms with Crippen LogP contribution in [0, 0.1) is 0 Å². The molecule has 240 valence electrons. The third-order valence-electron chi connectivity index (χ3n) is 6.52. The molecule has 0 bridgehead atoms. The normalized spacial score (nSPS) is 13.5. The van der Waals surface area contributed by atoms with Crippen molar-refractivity contribution in [3.63, 3.8) is 0 Å². The lowest BCUT2D eigenvalue weighted by Gasteiger charge is -2.36. The van der Waals surface area contributed by atoms with Gasteiger partial charge in [-0.15, -0.1) is 24.5 Å². The molecule has 0 radical (unpaired) electrons. The summed E-state index contributed by atoms with van der Waals surface area (Å²) < 4.78 is 160. The summed E-state index contributed by atoms with van der Waals surface area (Å²) in [6, 6.07) is 9.90. The fourth-order valence-electron chi connectivity index (χ4n) is 4.16. The van der Waals surface area contributed by atoms with Crippen LogP contribution in [0.5, 0.6) is 11.5 Å². The molecule has 0 saturated heterocycles. The Morgan fingerprint density at radius 3 is 2.02 bits per heavy atom. The average molecular weight is 653 g/mol. The molecule has 0 aliphatic heterocycles. The molecule has 1 heterocycles. The number of hydrogen-bond acceptors (Lipinski definition) is 4. The number of aliphatic hydroxyl groups is 1. The SMILES string of the molecule is CCCCCc1ccc(-c2cc3ccc(OCCC(F)(F)C(F)(F)C(F)(F)C(F)(F)CCO)cc3s2)c(OC(F)(F)F)c1. The Balaban J connectivity index is 1.79. The first-order valence-electron chi connectivity index (χ1n) is 13.0. The Morgan fingerprint density at radius 2 is 1.42 bits per heavy atom. The van der Waals surface area contributed by atoms with Crippen LogP contribution < -0.4 is 9.47 Å². The number of aryl methyl sites for hydroxylation is 1. The van der Waals surface area contributed by atoms with E-state index in [1.54, 1.807) is 12.1 Å². The zero-order valence-corrected chi connectivity index (χ0v) is 23.3. The van der Waals surface area contributed by atoms with Crippen molar-refractivity contribution in [2.45, 2.75) is 75.5 Å². The molecule has 43 heavy (non-hydrogen) atoms. The van der Waals surface area contributed by atoms with Gasteiger partial charge in [0, 0.05) is 28.2 Å². The number of thiophene rings is 1. The number of halogens is 11. The molecule has 0 saturated carbocycles. The standard InChI is InChI=1S/C28H27F11O3S/c1-2-3-4-5-17-6-9-20(21(14-17)42-28(37,38)39)23-15-18-7-8-19(16-22(18)43-23)41-13-11-25(31,32)27(35,36)26(33,34)24(29,30)10-12-40/h6-9,14-16,40H,2-5,10-13H2,1H3. The molecule has 0 aliphatic carbocycles. The summed E-state index contributed by atoms with van der Waals surface area (Å²) in [7, 11) is 0. The van der Waals surface area contributed by atoms with Gasteiger partial charge in [0.1, 0.15) is 11.5 Å². The highest BCUT2D eigenvalue weighted by molar-refractivity contribution is 7.22. The molecule has 3 aromatic rings. The number of aliphatic hydroxyl groups excluding tert-OH is 1. The van der Waals surface area contributed by atoms with E-state index in [-0.39, 0.29) is 11.3 Å². The number of hydrogen-bond donors (Lipinski definition) is 1. The van der Waals surface area contributed by atoms with Gasteiger partial charge in [0.15, 0.2) is 0 Å². The summed E-state index contributed by atoms with van der Waals surface area (Å²) in [5, 5.41) is 8.93. The predicted octanol–water partition coefficient (Wildman–Crippen LogP) is 9.89. The molecule has 0 unspecified atom stereocenters. The Morgan fingerprint density at radius 1 is 0.767 bits per heavy atom. The van der Waals surface area contributed by atoms with Gasteiger partial charge in [0.25, 0.3) is 0 Å². The molecular formula is C28H27F11O3S. The van der Waals surface area contributed by atoms with Crippen LogP contribution in [0.4, 0.5) is 48.3 Å². The number of rotatable bonds is 15. The van der Waals surface area contributed by atoms with Gasteiger partial charge in [-0.2, -0.15) is 35.1 Å². The Kier molecular flexibility index (Phi) is 10.5. The molecule has 1 aromatic heterocycles. The zero-order chi connectivity index (χ0) is 32.3. The first kappa shape index (κ1) is 34.7. The molecular weight excluding hydrogens is 625 g/mol. The molecule has 0 amide bonds. The van der Waals surface area contributed by atoms with Crippen LogP contribution >= 0.6 is 11.3 Å². The maximum atomic E-state index is 14.1. The van der Waals surface area contributed by atoms with Gasteiger partial charge in [-0.1, -0.05) is 25.8 Å². The molecule has 3 rings (SSSR count). The van der Waals surface area contributed by atoms with Crippen LogP contribution in [-0.2, 0) is 6.42 Å². The van der Waals surface area contributed by atoms with E-state index in [1.165, 1.54) is 30.3 Å². The Hall–Kier alpha value is -2.81. The van der Waals surface area contributed by atoms with Crippen LogP contribution in [0.3, 0.4) is 0 Å². The van der Waals surface area contributed by atoms with E-state index in [4.69, 9.17) is 9.84 Å². The number of benzene rings is 2. The lowest BCUT2D eigenvalue weighted by Crippen LogP contribution is -2.62. The molecule has 0 atom stereocenters. The number of alkyl halides is 11. The van der Waals surface area contributed by atoms with Gasteiger partial charge in [-0.05, 0) is 60.2 Å². The van der Waals surface area contributed by atoms with Crippen molar-refractivity contribution in [2.24, 2.45) is 0 Å². The summed E-state index contributed by atoms with van der Waals surface area (Å²) in [6.45, 7) is -0.918. The predicted molar refractivity (Wildman–Crippen MR) is 139 cm³/mol. The fraction of sp³-hybridized carbons (Fsp3) is 0.500. The maximum Gasteiger partial charge on any atom is 0.573 e. The average Bonchev–Trinajstić information content (AvgIpc) is 3.31. The van der Waals surface area contributed by atoms with E-state index in [1.807, 2.05) is 6.92 Å². The minimum absolute atomic E-state index is 0.126. The number of fused-ring (bicyclic) bond motifs is 1. The summed E-state index contributed by atoms with van der Waals surface area (Å²) >= 11 is 0.988. The largest absolute Gasteiger partial charge is 0.573 e. The maximum absolute atomic E-state index is 14.1. The molecule has 0 fully saturated rings. The van der Waals surface area contributed by atoms with Crippen LogP contribution in [-0.4, -0.2) is 48.4 Å². The van der Waals surface area contributed by atoms with Gasteiger partial charge in [-0.3, -0.25) is 0 Å². The van der Waals surface area contributed by atoms with Gasteiger partial charge >= 0.3 is 30.1 Å². The van der Waals surface area contributed by atoms with Gasteiger partial charge in [0.2, 0.25) is 0 Å². The molecule has 15 heteroatoms. The van der Waals surface area contributed by atoms with Crippen molar-refractivity contribution in [3.05, 3.63) is 48.0 Å². The van der Waals surface area contributed by atoms with Gasteiger partial charge in [0.05, 0.1) is 13.0 Å². The minimum atomic E-state index is -6.48. The van der Waals surface area contributed by atoms with Crippen molar-refractivity contribution in [3.8, 4) is 21.9 Å². The highest BCUT2D eigenvalue weighted by Gasteiger charge is 2.79. The first-order chi connectivity index (χ1) is 19.8. The van der Waals surface area contributed by atoms with Crippen molar-refractivity contribution in [1.82, 2.24) is 0 Å². The number of unbranched alkanes of at least 4 members (excludes halogenated alkanes) is 2. The summed E-state index contributed by atoms with van der Waals surface area (Å²) in [5.74, 6) is -24.8. The Labute approximate surface area is 243 Å². The molecule has 0 aliphatic rings. The molecule has 2 aromatic carbocycles. The summed E-state index contributed by atoms with van der Waals surface area (Å²) in [5.41, 5.74) is 0.770. The second-order valence-corrected chi connectivity index (χ2v) is 10.9. The smallest absolute Gasteiger partial charge is 0.493 e. The summed E-state index contributed by atoms with van der Waals surface area (Å²) in [6.07, 6.45) is -6.04. The van der Waals surface area contributed by atoms with Gasteiger partial charge < -0.3 is 14.6 Å². The second kappa shape index (κ2) is 13.0. The first-order valence-corrected chi connectivity index (χ1v) is 13.8. The lowest BCUT2D eigenvalue weighted by atomic mass is 9.95. The van der Waals surface area contributed by atoms with Crippen LogP contribution in [0.15, 0.2) is 42.5 Å². The molecule has 1 N–H and O–H groups in total. The van der Waals surface area contributed by atoms with Crippen molar-refractivity contribution in [1.29, 1.82) is 0 Å². The minimum Gasteiger partial charge on any atom is -0.493 e. The third-order valence-corrected chi connectivity index (χ3v) is 7.65. The Bertz CT molecular complexity index is 1370. The van der Waals surface area contributed by atoms with Crippen molar-refractivity contribution in [2.75, 3.05) is 13.2 Å². The lowest BCUT2D eigenvalue weighted by molar-refractivity contribution is -0.368. The van der Waals surface area contributed by atoms with E-state index in [0.717, 1.165) is 30.6 Å². The van der Waals surface area contributed by atoms with Crippen molar-refractivity contribution < 1.29 is 62.9 Å². The van der Waals surface area contributed by atoms with Gasteiger partial charge in [-0.25, -0.2) is 0 Å². The molecule has 0 spiro atoms. The fourth-order valence-corrected chi connectivity index (χ4v) is 5.28. The monoisotopic (exact) mass is 652 g/mol. The van der Waals surface area contributed by atoms with E-state index >= 15 is 0 Å². The highest BCUT2D eigenvalue weighted by atomic mass is 32.1.